The molecule has 1 aliphatic carbocycles. The van der Waals surface area contributed by atoms with Gasteiger partial charge in [0.2, 0.25) is 5.79 Å². The van der Waals surface area contributed by atoms with Crippen molar-refractivity contribution in [3.8, 4) is 0 Å². The van der Waals surface area contributed by atoms with Crippen LogP contribution in [0.5, 0.6) is 0 Å². The SMILES string of the molecule is CCCCCC12OC1(OC(C)=O)CCC2CC(=O)OC. The van der Waals surface area contributed by atoms with E-state index in [4.69, 9.17) is 14.2 Å². The number of fused-ring (bicyclic) bond motifs is 1. The maximum Gasteiger partial charge on any atom is 0.305 e. The summed E-state index contributed by atoms with van der Waals surface area (Å²) in [6.07, 6.45) is 5.97. The number of ether oxygens (including phenoxy) is 3. The molecular formula is C15H24O5. The second-order valence-electron chi connectivity index (χ2n) is 5.81. The molecule has 1 saturated heterocycles. The van der Waals surface area contributed by atoms with Crippen LogP contribution in [0.2, 0.25) is 0 Å². The van der Waals surface area contributed by atoms with Crippen molar-refractivity contribution in [1.29, 1.82) is 0 Å². The standard InChI is InChI=1S/C15H24O5/c1-4-5-6-8-14-12(10-13(17)18-3)7-9-15(14,20-14)19-11(2)16/h12H,4-10H2,1-3H3. The molecule has 20 heavy (non-hydrogen) atoms. The number of carbonyl (C=O) groups is 2. The van der Waals surface area contributed by atoms with E-state index in [0.29, 0.717) is 12.8 Å². The summed E-state index contributed by atoms with van der Waals surface area (Å²) in [6.45, 7) is 3.55. The molecule has 0 N–H and O–H groups in total. The van der Waals surface area contributed by atoms with E-state index >= 15 is 0 Å². The Morgan fingerprint density at radius 2 is 2.10 bits per heavy atom. The van der Waals surface area contributed by atoms with E-state index in [-0.39, 0.29) is 17.9 Å². The van der Waals surface area contributed by atoms with Crippen LogP contribution >= 0.6 is 0 Å². The molecule has 0 aromatic heterocycles. The highest BCUT2D eigenvalue weighted by Crippen LogP contribution is 2.66. The van der Waals surface area contributed by atoms with Crippen LogP contribution in [0.25, 0.3) is 0 Å². The van der Waals surface area contributed by atoms with E-state index in [1.54, 1.807) is 0 Å². The molecule has 3 atom stereocenters. The summed E-state index contributed by atoms with van der Waals surface area (Å²) in [5.41, 5.74) is -0.456. The summed E-state index contributed by atoms with van der Waals surface area (Å²) >= 11 is 0. The summed E-state index contributed by atoms with van der Waals surface area (Å²) in [5, 5.41) is 0. The van der Waals surface area contributed by atoms with Crippen molar-refractivity contribution < 1.29 is 23.8 Å². The van der Waals surface area contributed by atoms with E-state index in [9.17, 15) is 9.59 Å². The first-order chi connectivity index (χ1) is 9.49. The minimum atomic E-state index is -0.773. The van der Waals surface area contributed by atoms with Gasteiger partial charge in [-0.15, -0.1) is 0 Å². The molecule has 0 aromatic carbocycles. The number of methoxy groups -OCH3 is 1. The van der Waals surface area contributed by atoms with Crippen LogP contribution in [0.1, 0.15) is 58.8 Å². The molecule has 3 unspecified atom stereocenters. The number of esters is 2. The number of carbonyl (C=O) groups excluding carboxylic acids is 2. The predicted molar refractivity (Wildman–Crippen MR) is 71.8 cm³/mol. The van der Waals surface area contributed by atoms with Crippen LogP contribution in [-0.4, -0.2) is 30.4 Å². The fraction of sp³-hybridized carbons (Fsp3) is 0.867. The first kappa shape index (κ1) is 15.3. The molecule has 1 aliphatic heterocycles. The zero-order chi connectivity index (χ0) is 14.8. The summed E-state index contributed by atoms with van der Waals surface area (Å²) in [5.74, 6) is -1.23. The van der Waals surface area contributed by atoms with Crippen molar-refractivity contribution in [1.82, 2.24) is 0 Å². The Balaban J connectivity index is 2.07. The average molecular weight is 284 g/mol. The van der Waals surface area contributed by atoms with Crippen LogP contribution in [0, 0.1) is 5.92 Å². The number of rotatable bonds is 7. The van der Waals surface area contributed by atoms with E-state index < -0.39 is 11.4 Å². The quantitative estimate of drug-likeness (QED) is 0.408. The van der Waals surface area contributed by atoms with Crippen molar-refractivity contribution in [3.63, 3.8) is 0 Å². The van der Waals surface area contributed by atoms with Gasteiger partial charge in [0.1, 0.15) is 5.60 Å². The van der Waals surface area contributed by atoms with Crippen LogP contribution in [0.3, 0.4) is 0 Å². The van der Waals surface area contributed by atoms with Gasteiger partial charge in [0.15, 0.2) is 0 Å². The van der Waals surface area contributed by atoms with Gasteiger partial charge in [-0.25, -0.2) is 0 Å². The van der Waals surface area contributed by atoms with E-state index in [1.807, 2.05) is 0 Å². The Morgan fingerprint density at radius 1 is 1.35 bits per heavy atom. The first-order valence-electron chi connectivity index (χ1n) is 7.46. The molecule has 0 radical (unpaired) electrons. The zero-order valence-corrected chi connectivity index (χ0v) is 12.6. The maximum absolute atomic E-state index is 11.5. The smallest absolute Gasteiger partial charge is 0.305 e. The van der Waals surface area contributed by atoms with Gasteiger partial charge in [0, 0.05) is 19.3 Å². The molecule has 1 saturated carbocycles. The Bertz CT molecular complexity index is 394. The number of hydrogen-bond acceptors (Lipinski definition) is 5. The van der Waals surface area contributed by atoms with Crippen molar-refractivity contribution in [2.24, 2.45) is 5.92 Å². The lowest BCUT2D eigenvalue weighted by atomic mass is 9.86. The number of unbranched alkanes of at least 4 members (excludes halogenated alkanes) is 2. The Labute approximate surface area is 120 Å². The molecule has 2 aliphatic rings. The van der Waals surface area contributed by atoms with Gasteiger partial charge in [-0.1, -0.05) is 26.2 Å². The lowest BCUT2D eigenvalue weighted by Crippen LogP contribution is -2.31. The van der Waals surface area contributed by atoms with Crippen molar-refractivity contribution in [2.75, 3.05) is 7.11 Å². The Hall–Kier alpha value is -1.10. The van der Waals surface area contributed by atoms with Crippen molar-refractivity contribution in [3.05, 3.63) is 0 Å². The average Bonchev–Trinajstić information content (AvgIpc) is 2.93. The lowest BCUT2D eigenvalue weighted by molar-refractivity contribution is -0.156. The minimum Gasteiger partial charge on any atom is -0.469 e. The highest BCUT2D eigenvalue weighted by Gasteiger charge is 2.79. The van der Waals surface area contributed by atoms with Crippen molar-refractivity contribution >= 4 is 11.9 Å². The Morgan fingerprint density at radius 3 is 2.70 bits per heavy atom. The van der Waals surface area contributed by atoms with E-state index in [2.05, 4.69) is 6.92 Å². The molecule has 0 aromatic rings. The van der Waals surface area contributed by atoms with Crippen LogP contribution in [0.15, 0.2) is 0 Å². The minimum absolute atomic E-state index is 0.0890. The fourth-order valence-corrected chi connectivity index (χ4v) is 3.55. The third kappa shape index (κ3) is 2.55. The maximum atomic E-state index is 11.5. The molecule has 0 spiro atoms. The number of epoxide rings is 1. The topological polar surface area (TPSA) is 65.1 Å². The second kappa shape index (κ2) is 5.72. The summed E-state index contributed by atoms with van der Waals surface area (Å²) < 4.78 is 16.1. The monoisotopic (exact) mass is 284 g/mol. The van der Waals surface area contributed by atoms with Gasteiger partial charge in [0.25, 0.3) is 0 Å². The summed E-state index contributed by atoms with van der Waals surface area (Å²) in [7, 11) is 1.40. The van der Waals surface area contributed by atoms with Gasteiger partial charge >= 0.3 is 11.9 Å². The molecule has 2 rings (SSSR count). The van der Waals surface area contributed by atoms with E-state index in [1.165, 1.54) is 14.0 Å². The third-order valence-corrected chi connectivity index (χ3v) is 4.53. The van der Waals surface area contributed by atoms with E-state index in [0.717, 1.165) is 32.1 Å². The lowest BCUT2D eigenvalue weighted by Gasteiger charge is -2.19. The summed E-state index contributed by atoms with van der Waals surface area (Å²) in [6, 6.07) is 0. The normalized spacial score (nSPS) is 34.5. The van der Waals surface area contributed by atoms with Gasteiger partial charge in [0.05, 0.1) is 13.5 Å². The largest absolute Gasteiger partial charge is 0.469 e. The molecule has 5 heteroatoms. The Kier molecular flexibility index (Phi) is 4.37. The van der Waals surface area contributed by atoms with Gasteiger partial charge in [-0.3, -0.25) is 9.59 Å². The van der Waals surface area contributed by atoms with Crippen molar-refractivity contribution in [2.45, 2.75) is 70.2 Å². The predicted octanol–water partition coefficient (Wildman–Crippen LogP) is 2.57. The first-order valence-corrected chi connectivity index (χ1v) is 7.46. The second-order valence-corrected chi connectivity index (χ2v) is 5.81. The third-order valence-electron chi connectivity index (χ3n) is 4.53. The summed E-state index contributed by atoms with van der Waals surface area (Å²) in [4.78, 5) is 22.8. The molecular weight excluding hydrogens is 260 g/mol. The highest BCUT2D eigenvalue weighted by atomic mass is 16.8. The number of hydrogen-bond donors (Lipinski definition) is 0. The van der Waals surface area contributed by atoms with Crippen LogP contribution in [0.4, 0.5) is 0 Å². The van der Waals surface area contributed by atoms with Crippen LogP contribution < -0.4 is 0 Å². The molecule has 0 bridgehead atoms. The molecule has 1 heterocycles. The zero-order valence-electron chi connectivity index (χ0n) is 12.6. The van der Waals surface area contributed by atoms with Crippen LogP contribution in [-0.2, 0) is 23.8 Å². The van der Waals surface area contributed by atoms with Gasteiger partial charge in [-0.05, 0) is 12.8 Å². The molecule has 2 fully saturated rings. The van der Waals surface area contributed by atoms with Gasteiger partial charge < -0.3 is 14.2 Å². The van der Waals surface area contributed by atoms with Gasteiger partial charge in [-0.2, -0.15) is 0 Å². The highest BCUT2D eigenvalue weighted by molar-refractivity contribution is 5.70. The fourth-order valence-electron chi connectivity index (χ4n) is 3.55. The molecule has 0 amide bonds. The molecule has 114 valence electrons. The molecule has 5 nitrogen and oxygen atoms in total.